The lowest BCUT2D eigenvalue weighted by Gasteiger charge is -2.36. The van der Waals surface area contributed by atoms with Gasteiger partial charge in [-0.2, -0.15) is 13.2 Å². The molecular formula is C41H58F5N7O8. The zero-order valence-corrected chi connectivity index (χ0v) is 35.5. The number of carbonyl (C=O) groups is 7. The number of rotatable bonds is 10. The Bertz CT molecular complexity index is 1820. The van der Waals surface area contributed by atoms with E-state index in [1.165, 1.54) is 46.1 Å². The minimum Gasteiger partial charge on any atom is -0.373 e. The number of nitrogens with one attached hydrogen (secondary N) is 4. The number of likely N-dealkylation sites (N-methyl/N-ethyl adjacent to an activating group) is 2. The van der Waals surface area contributed by atoms with Gasteiger partial charge in [0.05, 0.1) is 6.54 Å². The minimum absolute atomic E-state index is 0.0109. The first kappa shape index (κ1) is 48.8. The van der Waals surface area contributed by atoms with Crippen LogP contribution in [0.15, 0.2) is 24.3 Å². The summed E-state index contributed by atoms with van der Waals surface area (Å²) >= 11 is 0. The molecule has 3 fully saturated rings. The number of likely N-dealkylation sites (tertiary alicyclic amines) is 1. The third-order valence-corrected chi connectivity index (χ3v) is 11.5. The van der Waals surface area contributed by atoms with Crippen molar-refractivity contribution in [2.24, 2.45) is 11.8 Å². The van der Waals surface area contributed by atoms with Crippen LogP contribution in [-0.2, 0) is 40.0 Å². The van der Waals surface area contributed by atoms with Crippen LogP contribution in [-0.4, -0.2) is 142 Å². The van der Waals surface area contributed by atoms with Crippen molar-refractivity contribution < 1.29 is 60.6 Å². The molecule has 0 spiro atoms. The summed E-state index contributed by atoms with van der Waals surface area (Å²) in [7, 11) is 2.66. The van der Waals surface area contributed by atoms with Crippen molar-refractivity contribution >= 4 is 41.4 Å². The number of nitrogens with zero attached hydrogens (tertiary/aromatic N) is 3. The van der Waals surface area contributed by atoms with Crippen molar-refractivity contribution in [1.82, 2.24) is 36.0 Å². The van der Waals surface area contributed by atoms with Crippen LogP contribution in [0.4, 0.5) is 22.0 Å². The van der Waals surface area contributed by atoms with Gasteiger partial charge in [0.2, 0.25) is 41.0 Å². The normalized spacial score (nSPS) is 26.2. The number of benzene rings is 1. The lowest BCUT2D eigenvalue weighted by molar-refractivity contribution is -0.250. The summed E-state index contributed by atoms with van der Waals surface area (Å²) in [6, 6.07) is -1.45. The van der Waals surface area contributed by atoms with E-state index in [9.17, 15) is 60.6 Å². The molecule has 61 heavy (non-hydrogen) atoms. The van der Waals surface area contributed by atoms with Crippen LogP contribution in [0.5, 0.6) is 0 Å². The summed E-state index contributed by atoms with van der Waals surface area (Å²) in [4.78, 5) is 99.2. The van der Waals surface area contributed by atoms with Gasteiger partial charge < -0.3 is 41.1 Å². The van der Waals surface area contributed by atoms with E-state index in [0.29, 0.717) is 29.7 Å². The van der Waals surface area contributed by atoms with Gasteiger partial charge >= 0.3 is 6.18 Å². The summed E-state index contributed by atoms with van der Waals surface area (Å²) in [5.41, 5.74) is -5.00. The molecule has 20 heteroatoms. The quantitative estimate of drug-likeness (QED) is 0.220. The van der Waals surface area contributed by atoms with Crippen LogP contribution in [0.3, 0.4) is 0 Å². The van der Waals surface area contributed by atoms with Crippen LogP contribution >= 0.6 is 0 Å². The summed E-state index contributed by atoms with van der Waals surface area (Å²) < 4.78 is 69.6. The van der Waals surface area contributed by atoms with E-state index < -0.39 is 120 Å². The number of carbonyl (C=O) groups excluding carboxylic acids is 7. The molecule has 0 bridgehead atoms. The predicted molar refractivity (Wildman–Crippen MR) is 210 cm³/mol. The first-order valence-corrected chi connectivity index (χ1v) is 20.5. The van der Waals surface area contributed by atoms with Crippen molar-refractivity contribution in [2.45, 2.75) is 140 Å². The summed E-state index contributed by atoms with van der Waals surface area (Å²) in [5, 5.41) is 20.7. The van der Waals surface area contributed by atoms with Gasteiger partial charge in [-0.1, -0.05) is 26.0 Å². The Kier molecular flexibility index (Phi) is 15.6. The molecule has 1 aromatic carbocycles. The highest BCUT2D eigenvalue weighted by atomic mass is 19.4. The highest BCUT2D eigenvalue weighted by molar-refractivity contribution is 5.98. The van der Waals surface area contributed by atoms with Crippen LogP contribution in [0, 0.1) is 17.7 Å². The van der Waals surface area contributed by atoms with Crippen molar-refractivity contribution in [3.63, 3.8) is 0 Å². The first-order valence-electron chi connectivity index (χ1n) is 20.5. The molecule has 15 nitrogen and oxygen atoms in total. The average Bonchev–Trinajstić information content (AvgIpc) is 3.93. The van der Waals surface area contributed by atoms with Crippen LogP contribution in [0.25, 0.3) is 0 Å². The predicted octanol–water partition coefficient (Wildman–Crippen LogP) is 1.90. The van der Waals surface area contributed by atoms with Crippen molar-refractivity contribution in [3.05, 3.63) is 35.6 Å². The SMILES string of the molecule is CC(C)C[C@@H]1NC(=O)[C@@H](N(C)C(=O)[C@@H](NC(=O)[C@@H]2C[C@@H](F)CN2C(=O)[C@](C)(O)C(F)(F)F)C2CC2)CCCCNC(=O)C(C)(C)NC(=O)[C@H](Cc2cccc(F)c2)N(C)C1=O. The maximum Gasteiger partial charge on any atom is 0.426 e. The van der Waals surface area contributed by atoms with Crippen LogP contribution < -0.4 is 21.3 Å². The van der Waals surface area contributed by atoms with E-state index in [2.05, 4.69) is 21.3 Å². The molecule has 0 unspecified atom stereocenters. The van der Waals surface area contributed by atoms with Crippen molar-refractivity contribution in [1.29, 1.82) is 0 Å². The van der Waals surface area contributed by atoms with E-state index in [1.54, 1.807) is 19.9 Å². The lowest BCUT2D eigenvalue weighted by Crippen LogP contribution is -2.62. The Morgan fingerprint density at radius 3 is 2.30 bits per heavy atom. The molecule has 1 aliphatic carbocycles. The fourth-order valence-corrected chi connectivity index (χ4v) is 7.58. The highest BCUT2D eigenvalue weighted by Gasteiger charge is 2.59. The van der Waals surface area contributed by atoms with Crippen molar-refractivity contribution in [2.75, 3.05) is 27.2 Å². The van der Waals surface area contributed by atoms with E-state index in [1.807, 2.05) is 0 Å². The fraction of sp³-hybridized carbons (Fsp3) is 0.683. The zero-order chi connectivity index (χ0) is 45.8. The standard InChI is InChI=1S/C41H58F5N7O8/c1-22(2)17-27-35(57)52(7)29(19-23-11-10-12-25(42)18-23)34(56)50-39(3,4)37(59)47-16-9-8-13-28(32(54)48-27)51(6)36(58)31(24-14-15-24)49-33(55)30-20-26(43)21-53(30)38(60)40(5,61)41(44,45)46/h10-12,18,22,24,26-31,61H,8-9,13-17,19-21H2,1-7H3,(H,47,59)(H,48,54)(H,49,55)(H,50,56)/t26-,27+,28+,29+,30+,31+,40+/m1/s1. The van der Waals surface area contributed by atoms with Gasteiger partial charge in [0, 0.05) is 33.5 Å². The molecular weight excluding hydrogens is 813 g/mol. The zero-order valence-electron chi connectivity index (χ0n) is 35.5. The van der Waals surface area contributed by atoms with Crippen molar-refractivity contribution in [3.8, 4) is 0 Å². The number of amides is 7. The van der Waals surface area contributed by atoms with Gasteiger partial charge in [-0.3, -0.25) is 33.6 Å². The van der Waals surface area contributed by atoms with E-state index >= 15 is 0 Å². The Labute approximate surface area is 351 Å². The molecule has 2 aliphatic heterocycles. The van der Waals surface area contributed by atoms with Gasteiger partial charge in [-0.15, -0.1) is 0 Å². The molecule has 2 saturated heterocycles. The Balaban J connectivity index is 1.64. The molecule has 340 valence electrons. The monoisotopic (exact) mass is 871 g/mol. The van der Waals surface area contributed by atoms with Gasteiger partial charge in [-0.05, 0) is 88.8 Å². The maximum absolute atomic E-state index is 14.6. The molecule has 4 rings (SSSR count). The molecule has 7 amide bonds. The van der Waals surface area contributed by atoms with E-state index in [4.69, 9.17) is 0 Å². The molecule has 3 aliphatic rings. The van der Waals surface area contributed by atoms with Crippen LogP contribution in [0.2, 0.25) is 0 Å². The lowest BCUT2D eigenvalue weighted by atomic mass is 9.97. The van der Waals surface area contributed by atoms with E-state index in [0.717, 1.165) is 9.80 Å². The van der Waals surface area contributed by atoms with Crippen LogP contribution in [0.1, 0.15) is 85.1 Å². The summed E-state index contributed by atoms with van der Waals surface area (Å²) in [6.07, 6.45) is -6.61. The fourth-order valence-electron chi connectivity index (χ4n) is 7.58. The summed E-state index contributed by atoms with van der Waals surface area (Å²) in [6.45, 7) is 6.01. The molecule has 0 radical (unpaired) electrons. The number of aliphatic hydroxyl groups is 1. The minimum atomic E-state index is -5.44. The van der Waals surface area contributed by atoms with Gasteiger partial charge in [-0.25, -0.2) is 8.78 Å². The molecule has 2 heterocycles. The second-order valence-electron chi connectivity index (χ2n) is 17.5. The second-order valence-corrected chi connectivity index (χ2v) is 17.5. The highest BCUT2D eigenvalue weighted by Crippen LogP contribution is 2.36. The largest absolute Gasteiger partial charge is 0.426 e. The number of halogens is 5. The number of hydrogen-bond donors (Lipinski definition) is 5. The maximum atomic E-state index is 14.6. The third kappa shape index (κ3) is 11.9. The average molecular weight is 872 g/mol. The Morgan fingerprint density at radius 2 is 1.70 bits per heavy atom. The smallest absolute Gasteiger partial charge is 0.373 e. The summed E-state index contributed by atoms with van der Waals surface area (Å²) in [5.74, 6) is -7.73. The Hall–Kier alpha value is -4.88. The topological polar surface area (TPSA) is 198 Å². The molecule has 7 atom stereocenters. The molecule has 1 aromatic rings. The van der Waals surface area contributed by atoms with E-state index in [-0.39, 0.29) is 45.1 Å². The first-order chi connectivity index (χ1) is 28.3. The molecule has 5 N–H and O–H groups in total. The second kappa shape index (κ2) is 19.4. The molecule has 0 aromatic heterocycles. The molecule has 1 saturated carbocycles. The van der Waals surface area contributed by atoms with Gasteiger partial charge in [0.25, 0.3) is 5.91 Å². The number of alkyl halides is 4. The third-order valence-electron chi connectivity index (χ3n) is 11.5. The number of hydrogen-bond acceptors (Lipinski definition) is 8. The Morgan fingerprint density at radius 1 is 1.05 bits per heavy atom. The van der Waals surface area contributed by atoms with Gasteiger partial charge in [0.15, 0.2) is 0 Å². The van der Waals surface area contributed by atoms with Gasteiger partial charge in [0.1, 0.15) is 47.7 Å².